The number of amides is 1. The van der Waals surface area contributed by atoms with Crippen molar-refractivity contribution in [2.24, 2.45) is 0 Å². The Kier molecular flexibility index (Phi) is 5.69. The number of hydrogen-bond acceptors (Lipinski definition) is 5. The van der Waals surface area contributed by atoms with E-state index in [2.05, 4.69) is 22.8 Å². The van der Waals surface area contributed by atoms with Gasteiger partial charge in [-0.15, -0.1) is 0 Å². The van der Waals surface area contributed by atoms with Crippen molar-refractivity contribution < 1.29 is 19.0 Å². The molecule has 2 heterocycles. The van der Waals surface area contributed by atoms with Crippen molar-refractivity contribution in [2.75, 3.05) is 19.7 Å². The summed E-state index contributed by atoms with van der Waals surface area (Å²) in [5, 5.41) is 6.44. The van der Waals surface area contributed by atoms with E-state index >= 15 is 0 Å². The molecule has 29 heavy (non-hydrogen) atoms. The van der Waals surface area contributed by atoms with E-state index in [4.69, 9.17) is 14.2 Å². The summed E-state index contributed by atoms with van der Waals surface area (Å²) < 4.78 is 18.5. The SMILES string of the molecule is CC1(C)O[C@@H]2[C@@H](CNCc3ccccc3)OC[C@]2(CNC(=O)c2ccccc2)O1. The average molecular weight is 396 g/mol. The molecule has 0 aliphatic carbocycles. The van der Waals surface area contributed by atoms with E-state index in [1.807, 2.05) is 50.2 Å². The van der Waals surface area contributed by atoms with Crippen molar-refractivity contribution in [3.05, 3.63) is 71.8 Å². The number of nitrogens with one attached hydrogen (secondary N) is 2. The molecule has 4 rings (SSSR count). The molecule has 2 aromatic carbocycles. The Bertz CT molecular complexity index is 827. The third-order valence-electron chi connectivity index (χ3n) is 5.36. The van der Waals surface area contributed by atoms with E-state index in [9.17, 15) is 4.79 Å². The van der Waals surface area contributed by atoms with E-state index in [-0.39, 0.29) is 18.1 Å². The van der Waals surface area contributed by atoms with Gasteiger partial charge in [-0.25, -0.2) is 0 Å². The second-order valence-corrected chi connectivity index (χ2v) is 8.12. The first-order chi connectivity index (χ1) is 14.0. The van der Waals surface area contributed by atoms with Gasteiger partial charge in [0.05, 0.1) is 19.3 Å². The number of fused-ring (bicyclic) bond motifs is 1. The lowest BCUT2D eigenvalue weighted by atomic mass is 9.96. The number of carbonyl (C=O) groups excluding carboxylic acids is 1. The van der Waals surface area contributed by atoms with Crippen molar-refractivity contribution in [1.82, 2.24) is 10.6 Å². The number of carbonyl (C=O) groups is 1. The molecule has 0 saturated carbocycles. The zero-order valence-electron chi connectivity index (χ0n) is 16.9. The largest absolute Gasteiger partial charge is 0.371 e. The standard InChI is InChI=1S/C23H28N2O4/c1-22(2)28-20-19(14-24-13-17-9-5-3-6-10-17)27-16-23(20,29-22)15-25-21(26)18-11-7-4-8-12-18/h3-12,19-20,24H,13-16H2,1-2H3,(H,25,26)/t19-,20-,23+/m1/s1. The number of benzene rings is 2. The Morgan fingerprint density at radius 2 is 1.76 bits per heavy atom. The third-order valence-corrected chi connectivity index (χ3v) is 5.36. The predicted octanol–water partition coefficient (Wildman–Crippen LogP) is 2.50. The highest BCUT2D eigenvalue weighted by molar-refractivity contribution is 5.94. The molecule has 2 aliphatic rings. The second-order valence-electron chi connectivity index (χ2n) is 8.12. The minimum absolute atomic E-state index is 0.127. The van der Waals surface area contributed by atoms with Gasteiger partial charge in [0.15, 0.2) is 5.79 Å². The Hall–Kier alpha value is -2.25. The average Bonchev–Trinajstić information content (AvgIpc) is 3.18. The van der Waals surface area contributed by atoms with Crippen LogP contribution in [0.2, 0.25) is 0 Å². The highest BCUT2D eigenvalue weighted by Gasteiger charge is 2.60. The number of rotatable bonds is 7. The molecule has 0 unspecified atom stereocenters. The molecular weight excluding hydrogens is 368 g/mol. The molecule has 3 atom stereocenters. The van der Waals surface area contributed by atoms with Crippen molar-refractivity contribution >= 4 is 5.91 Å². The third kappa shape index (κ3) is 4.51. The maximum Gasteiger partial charge on any atom is 0.251 e. The van der Waals surface area contributed by atoms with Gasteiger partial charge >= 0.3 is 0 Å². The molecule has 2 aromatic rings. The topological polar surface area (TPSA) is 68.8 Å². The Labute approximate surface area is 171 Å². The lowest BCUT2D eigenvalue weighted by Gasteiger charge is -2.27. The Balaban J connectivity index is 1.38. The monoisotopic (exact) mass is 396 g/mol. The van der Waals surface area contributed by atoms with Crippen LogP contribution in [0.3, 0.4) is 0 Å². The molecule has 2 N–H and O–H groups in total. The minimum Gasteiger partial charge on any atom is -0.371 e. The predicted molar refractivity (Wildman–Crippen MR) is 109 cm³/mol. The van der Waals surface area contributed by atoms with Crippen LogP contribution in [0.15, 0.2) is 60.7 Å². The molecule has 2 aliphatic heterocycles. The van der Waals surface area contributed by atoms with Crippen LogP contribution in [0.4, 0.5) is 0 Å². The van der Waals surface area contributed by atoms with Crippen molar-refractivity contribution in [2.45, 2.75) is 44.0 Å². The van der Waals surface area contributed by atoms with Gasteiger partial charge < -0.3 is 24.8 Å². The Morgan fingerprint density at radius 1 is 1.07 bits per heavy atom. The van der Waals surface area contributed by atoms with Crippen LogP contribution in [0.1, 0.15) is 29.8 Å². The van der Waals surface area contributed by atoms with Gasteiger partial charge in [0, 0.05) is 18.7 Å². The normalized spacial score (nSPS) is 27.5. The van der Waals surface area contributed by atoms with Gasteiger partial charge in [0.25, 0.3) is 5.91 Å². The summed E-state index contributed by atoms with van der Waals surface area (Å²) in [4.78, 5) is 12.5. The summed E-state index contributed by atoms with van der Waals surface area (Å²) in [6.45, 7) is 5.93. The molecular formula is C23H28N2O4. The van der Waals surface area contributed by atoms with Crippen LogP contribution < -0.4 is 10.6 Å². The summed E-state index contributed by atoms with van der Waals surface area (Å²) in [5.41, 5.74) is 1.15. The lowest BCUT2D eigenvalue weighted by molar-refractivity contribution is -0.188. The fraction of sp³-hybridized carbons (Fsp3) is 0.435. The van der Waals surface area contributed by atoms with E-state index in [1.165, 1.54) is 5.56 Å². The quantitative estimate of drug-likeness (QED) is 0.753. The van der Waals surface area contributed by atoms with Gasteiger partial charge in [-0.1, -0.05) is 48.5 Å². The molecule has 2 fully saturated rings. The Morgan fingerprint density at radius 3 is 2.48 bits per heavy atom. The molecule has 6 heteroatoms. The fourth-order valence-corrected chi connectivity index (χ4v) is 4.08. The first kappa shape index (κ1) is 20.0. The van der Waals surface area contributed by atoms with Crippen LogP contribution in [0, 0.1) is 0 Å². The van der Waals surface area contributed by atoms with Gasteiger partial charge in [0.2, 0.25) is 0 Å². The molecule has 0 radical (unpaired) electrons. The van der Waals surface area contributed by atoms with Gasteiger partial charge in [-0.05, 0) is 31.5 Å². The smallest absolute Gasteiger partial charge is 0.251 e. The summed E-state index contributed by atoms with van der Waals surface area (Å²) >= 11 is 0. The zero-order chi connectivity index (χ0) is 20.3. The highest BCUT2D eigenvalue weighted by Crippen LogP contribution is 2.43. The molecule has 2 saturated heterocycles. The van der Waals surface area contributed by atoms with Crippen LogP contribution in [0.5, 0.6) is 0 Å². The molecule has 6 nitrogen and oxygen atoms in total. The zero-order valence-corrected chi connectivity index (χ0v) is 16.9. The highest BCUT2D eigenvalue weighted by atomic mass is 16.8. The summed E-state index contributed by atoms with van der Waals surface area (Å²) in [7, 11) is 0. The van der Waals surface area contributed by atoms with Crippen LogP contribution >= 0.6 is 0 Å². The molecule has 154 valence electrons. The van der Waals surface area contributed by atoms with Crippen molar-refractivity contribution in [3.63, 3.8) is 0 Å². The molecule has 0 aromatic heterocycles. The van der Waals surface area contributed by atoms with Crippen molar-refractivity contribution in [3.8, 4) is 0 Å². The van der Waals surface area contributed by atoms with Gasteiger partial charge in [-0.2, -0.15) is 0 Å². The van der Waals surface area contributed by atoms with E-state index in [1.54, 1.807) is 12.1 Å². The van der Waals surface area contributed by atoms with Crippen LogP contribution in [0.25, 0.3) is 0 Å². The van der Waals surface area contributed by atoms with E-state index in [0.717, 1.165) is 6.54 Å². The first-order valence-corrected chi connectivity index (χ1v) is 10.0. The molecule has 0 spiro atoms. The maximum absolute atomic E-state index is 12.5. The number of ether oxygens (including phenoxy) is 3. The maximum atomic E-state index is 12.5. The summed E-state index contributed by atoms with van der Waals surface area (Å²) in [6.07, 6.45) is -0.397. The summed E-state index contributed by atoms with van der Waals surface area (Å²) in [6, 6.07) is 19.4. The van der Waals surface area contributed by atoms with Crippen LogP contribution in [-0.4, -0.2) is 49.2 Å². The number of hydrogen-bond donors (Lipinski definition) is 2. The second kappa shape index (κ2) is 8.24. The van der Waals surface area contributed by atoms with E-state index < -0.39 is 11.4 Å². The fourth-order valence-electron chi connectivity index (χ4n) is 4.08. The lowest BCUT2D eigenvalue weighted by Crippen LogP contribution is -2.51. The van der Waals surface area contributed by atoms with E-state index in [0.29, 0.717) is 25.3 Å². The van der Waals surface area contributed by atoms with Crippen molar-refractivity contribution in [1.29, 1.82) is 0 Å². The molecule has 0 bridgehead atoms. The minimum atomic E-state index is -0.719. The first-order valence-electron chi connectivity index (χ1n) is 10.0. The molecule has 1 amide bonds. The summed E-state index contributed by atoms with van der Waals surface area (Å²) in [5.74, 6) is -0.846. The van der Waals surface area contributed by atoms with Crippen LogP contribution in [-0.2, 0) is 20.8 Å². The van der Waals surface area contributed by atoms with Gasteiger partial charge in [0.1, 0.15) is 11.7 Å². The van der Waals surface area contributed by atoms with Gasteiger partial charge in [-0.3, -0.25) is 4.79 Å².